The van der Waals surface area contributed by atoms with E-state index in [2.05, 4.69) is 10.3 Å². The predicted molar refractivity (Wildman–Crippen MR) is 94.9 cm³/mol. The number of aromatic nitrogens is 1. The molecule has 2 N–H and O–H groups in total. The summed E-state index contributed by atoms with van der Waals surface area (Å²) in [7, 11) is 2.90. The molecule has 136 valence electrons. The van der Waals surface area contributed by atoms with Crippen molar-refractivity contribution in [1.29, 1.82) is 0 Å². The predicted octanol–water partition coefficient (Wildman–Crippen LogP) is 2.62. The lowest BCUT2D eigenvalue weighted by Gasteiger charge is -2.25. The first-order valence-electron chi connectivity index (χ1n) is 8.07. The molecule has 0 saturated carbocycles. The van der Waals surface area contributed by atoms with Crippen molar-refractivity contribution in [3.63, 3.8) is 0 Å². The lowest BCUT2D eigenvalue weighted by molar-refractivity contribution is -0.171. The van der Waals surface area contributed by atoms with Crippen LogP contribution in [0, 0.1) is 0 Å². The van der Waals surface area contributed by atoms with E-state index in [0.717, 1.165) is 21.5 Å². The standard InChI is InChI=1S/C18H25N3O4/c1-18(2,3)25-17(23)20-14(16(22)21(4)24-5)11-13-8-6-7-12-9-10-19-15(12)13/h6-10,14,19H,11H2,1-5H3,(H,20,23). The van der Waals surface area contributed by atoms with E-state index in [4.69, 9.17) is 9.57 Å². The molecular weight excluding hydrogens is 322 g/mol. The quantitative estimate of drug-likeness (QED) is 0.815. The Kier molecular flexibility index (Phi) is 5.69. The number of nitrogens with zero attached hydrogens (tertiary/aromatic N) is 1. The van der Waals surface area contributed by atoms with Gasteiger partial charge in [-0.2, -0.15) is 0 Å². The van der Waals surface area contributed by atoms with Gasteiger partial charge >= 0.3 is 6.09 Å². The molecule has 2 amide bonds. The first-order valence-corrected chi connectivity index (χ1v) is 8.07. The third-order valence-corrected chi connectivity index (χ3v) is 3.67. The molecule has 0 spiro atoms. The number of rotatable bonds is 5. The molecule has 1 aromatic carbocycles. The molecule has 1 atom stereocenters. The summed E-state index contributed by atoms with van der Waals surface area (Å²) in [6.45, 7) is 5.30. The minimum atomic E-state index is -0.811. The Morgan fingerprint density at radius 3 is 2.64 bits per heavy atom. The van der Waals surface area contributed by atoms with Crippen LogP contribution in [0.4, 0.5) is 4.79 Å². The van der Waals surface area contributed by atoms with Crippen molar-refractivity contribution in [2.75, 3.05) is 14.2 Å². The Morgan fingerprint density at radius 2 is 2.00 bits per heavy atom. The monoisotopic (exact) mass is 347 g/mol. The summed E-state index contributed by atoms with van der Waals surface area (Å²) in [6.07, 6.45) is 1.51. The first-order chi connectivity index (χ1) is 11.7. The summed E-state index contributed by atoms with van der Waals surface area (Å²) in [5.41, 5.74) is 1.21. The zero-order valence-corrected chi connectivity index (χ0v) is 15.3. The van der Waals surface area contributed by atoms with Crippen LogP contribution in [0.5, 0.6) is 0 Å². The van der Waals surface area contributed by atoms with Crippen LogP contribution in [0.25, 0.3) is 10.9 Å². The molecule has 0 radical (unpaired) electrons. The molecule has 25 heavy (non-hydrogen) atoms. The second-order valence-corrected chi connectivity index (χ2v) is 6.78. The van der Waals surface area contributed by atoms with E-state index in [-0.39, 0.29) is 5.91 Å². The van der Waals surface area contributed by atoms with Crippen LogP contribution < -0.4 is 5.32 Å². The van der Waals surface area contributed by atoms with Crippen LogP contribution in [0.1, 0.15) is 26.3 Å². The van der Waals surface area contributed by atoms with Gasteiger partial charge in [-0.25, -0.2) is 9.86 Å². The Hall–Kier alpha value is -2.54. The number of amides is 2. The number of ether oxygens (including phenoxy) is 1. The average Bonchev–Trinajstić information content (AvgIpc) is 3.00. The maximum Gasteiger partial charge on any atom is 0.408 e. The Morgan fingerprint density at radius 1 is 1.28 bits per heavy atom. The highest BCUT2D eigenvalue weighted by molar-refractivity contribution is 5.87. The van der Waals surface area contributed by atoms with Gasteiger partial charge in [0, 0.05) is 25.2 Å². The zero-order valence-electron chi connectivity index (χ0n) is 15.3. The van der Waals surface area contributed by atoms with Gasteiger partial charge in [-0.15, -0.1) is 0 Å². The Labute approximate surface area is 147 Å². The molecule has 0 saturated heterocycles. The normalized spacial score (nSPS) is 12.7. The topological polar surface area (TPSA) is 83.7 Å². The van der Waals surface area contributed by atoms with Crippen LogP contribution in [-0.2, 0) is 20.8 Å². The van der Waals surface area contributed by atoms with Crippen molar-refractivity contribution < 1.29 is 19.2 Å². The molecule has 1 aromatic heterocycles. The molecule has 2 rings (SSSR count). The molecule has 7 heteroatoms. The van der Waals surface area contributed by atoms with Crippen LogP contribution in [-0.4, -0.2) is 47.8 Å². The average molecular weight is 347 g/mol. The van der Waals surface area contributed by atoms with Gasteiger partial charge in [0.25, 0.3) is 5.91 Å². The van der Waals surface area contributed by atoms with Crippen LogP contribution >= 0.6 is 0 Å². The maximum absolute atomic E-state index is 12.6. The number of carbonyl (C=O) groups excluding carboxylic acids is 2. The number of likely N-dealkylation sites (N-methyl/N-ethyl adjacent to an activating group) is 1. The largest absolute Gasteiger partial charge is 0.444 e. The van der Waals surface area contributed by atoms with E-state index >= 15 is 0 Å². The summed E-state index contributed by atoms with van der Waals surface area (Å²) < 4.78 is 5.27. The molecule has 0 bridgehead atoms. The molecule has 0 fully saturated rings. The fraction of sp³-hybridized carbons (Fsp3) is 0.444. The number of aromatic amines is 1. The fourth-order valence-electron chi connectivity index (χ4n) is 2.50. The number of hydrogen-bond acceptors (Lipinski definition) is 4. The van der Waals surface area contributed by atoms with E-state index in [0.29, 0.717) is 6.42 Å². The second-order valence-electron chi connectivity index (χ2n) is 6.78. The van der Waals surface area contributed by atoms with Gasteiger partial charge in [-0.05, 0) is 37.8 Å². The number of nitrogens with one attached hydrogen (secondary N) is 2. The van der Waals surface area contributed by atoms with Crippen LogP contribution in [0.15, 0.2) is 30.5 Å². The zero-order chi connectivity index (χ0) is 18.6. The number of benzene rings is 1. The molecule has 0 aliphatic carbocycles. The van der Waals surface area contributed by atoms with Crippen LogP contribution in [0.2, 0.25) is 0 Å². The first kappa shape index (κ1) is 18.8. The van der Waals surface area contributed by atoms with Gasteiger partial charge in [0.1, 0.15) is 11.6 Å². The van der Waals surface area contributed by atoms with E-state index < -0.39 is 17.7 Å². The van der Waals surface area contributed by atoms with Crippen molar-refractivity contribution in [1.82, 2.24) is 15.4 Å². The van der Waals surface area contributed by atoms with Crippen molar-refractivity contribution in [3.8, 4) is 0 Å². The van der Waals surface area contributed by atoms with Crippen molar-refractivity contribution in [2.45, 2.75) is 38.8 Å². The van der Waals surface area contributed by atoms with Gasteiger partial charge in [-0.1, -0.05) is 18.2 Å². The highest BCUT2D eigenvalue weighted by Crippen LogP contribution is 2.19. The number of hydroxylamine groups is 2. The summed E-state index contributed by atoms with van der Waals surface area (Å²) in [5.74, 6) is -0.364. The van der Waals surface area contributed by atoms with Crippen molar-refractivity contribution >= 4 is 22.9 Å². The van der Waals surface area contributed by atoms with Gasteiger partial charge in [-0.3, -0.25) is 9.63 Å². The highest BCUT2D eigenvalue weighted by atomic mass is 16.7. The number of alkyl carbamates (subject to hydrolysis) is 1. The summed E-state index contributed by atoms with van der Waals surface area (Å²) in [4.78, 5) is 32.8. The molecular formula is C18H25N3O4. The molecule has 1 heterocycles. The molecule has 2 aromatic rings. The molecule has 0 aliphatic heterocycles. The van der Waals surface area contributed by atoms with Gasteiger partial charge in [0.05, 0.1) is 7.11 Å². The minimum absolute atomic E-state index is 0.309. The van der Waals surface area contributed by atoms with E-state index in [9.17, 15) is 9.59 Å². The van der Waals surface area contributed by atoms with E-state index in [1.165, 1.54) is 14.2 Å². The van der Waals surface area contributed by atoms with E-state index in [1.807, 2.05) is 30.5 Å². The Bertz CT molecular complexity index is 748. The third kappa shape index (κ3) is 4.96. The van der Waals surface area contributed by atoms with Gasteiger partial charge in [0.15, 0.2) is 0 Å². The maximum atomic E-state index is 12.6. The third-order valence-electron chi connectivity index (χ3n) is 3.67. The number of para-hydroxylation sites is 1. The highest BCUT2D eigenvalue weighted by Gasteiger charge is 2.27. The lowest BCUT2D eigenvalue weighted by atomic mass is 10.0. The van der Waals surface area contributed by atoms with Gasteiger partial charge in [0.2, 0.25) is 0 Å². The summed E-state index contributed by atoms with van der Waals surface area (Å²) in [6, 6.07) is 6.96. The SMILES string of the molecule is CON(C)C(=O)C(Cc1cccc2cc[nH]c12)NC(=O)OC(C)(C)C. The number of hydrogen-bond donors (Lipinski definition) is 2. The Balaban J connectivity index is 2.24. The minimum Gasteiger partial charge on any atom is -0.444 e. The smallest absolute Gasteiger partial charge is 0.408 e. The molecule has 0 aliphatic rings. The van der Waals surface area contributed by atoms with Crippen molar-refractivity contribution in [2.24, 2.45) is 0 Å². The molecule has 1 unspecified atom stereocenters. The fourth-order valence-corrected chi connectivity index (χ4v) is 2.50. The van der Waals surface area contributed by atoms with Gasteiger partial charge < -0.3 is 15.0 Å². The molecule has 7 nitrogen and oxygen atoms in total. The summed E-state index contributed by atoms with van der Waals surface area (Å²) in [5, 5.41) is 4.78. The van der Waals surface area contributed by atoms with Crippen LogP contribution in [0.3, 0.4) is 0 Å². The second kappa shape index (κ2) is 7.57. The lowest BCUT2D eigenvalue weighted by Crippen LogP contribution is -2.49. The number of fused-ring (bicyclic) bond motifs is 1. The van der Waals surface area contributed by atoms with Crippen molar-refractivity contribution in [3.05, 3.63) is 36.0 Å². The number of H-pyrrole nitrogens is 1. The van der Waals surface area contributed by atoms with E-state index in [1.54, 1.807) is 20.8 Å². The summed E-state index contributed by atoms with van der Waals surface area (Å²) >= 11 is 0. The number of carbonyl (C=O) groups is 2.